The van der Waals surface area contributed by atoms with Crippen molar-refractivity contribution in [1.29, 1.82) is 0 Å². The van der Waals surface area contributed by atoms with E-state index in [1.165, 1.54) is 21.4 Å². The normalized spacial score (nSPS) is 15.8. The van der Waals surface area contributed by atoms with Crippen LogP contribution >= 0.6 is 15.9 Å². The molecule has 0 aliphatic carbocycles. The zero-order chi connectivity index (χ0) is 21.1. The third-order valence-electron chi connectivity index (χ3n) is 5.02. The van der Waals surface area contributed by atoms with Crippen molar-refractivity contribution < 1.29 is 13.2 Å². The number of carbonyl (C=O) groups excluding carboxylic acids is 1. The number of benzene rings is 1. The van der Waals surface area contributed by atoms with Gasteiger partial charge in [0.25, 0.3) is 0 Å². The number of hydrogen-bond donors (Lipinski definition) is 1. The summed E-state index contributed by atoms with van der Waals surface area (Å²) in [5.41, 5.74) is 0.788. The fraction of sp³-hybridized carbons (Fsp3) is 0.250. The zero-order valence-electron chi connectivity index (χ0n) is 16.0. The van der Waals surface area contributed by atoms with Crippen LogP contribution in [0.3, 0.4) is 0 Å². The maximum absolute atomic E-state index is 13.0. The van der Waals surface area contributed by atoms with Crippen LogP contribution in [0.25, 0.3) is 5.69 Å². The van der Waals surface area contributed by atoms with E-state index in [1.54, 1.807) is 18.3 Å². The van der Waals surface area contributed by atoms with Gasteiger partial charge in [-0.15, -0.1) is 0 Å². The summed E-state index contributed by atoms with van der Waals surface area (Å²) in [6.45, 7) is 0.565. The van der Waals surface area contributed by atoms with Crippen LogP contribution in [-0.4, -0.2) is 46.5 Å². The molecule has 1 amide bonds. The number of amides is 1. The van der Waals surface area contributed by atoms with Gasteiger partial charge in [0.2, 0.25) is 15.9 Å². The summed E-state index contributed by atoms with van der Waals surface area (Å²) in [7, 11) is -3.66. The number of rotatable bonds is 5. The first kappa shape index (κ1) is 20.7. The molecule has 0 unspecified atom stereocenters. The molecule has 156 valence electrons. The first-order valence-corrected chi connectivity index (χ1v) is 11.7. The fourth-order valence-corrected chi connectivity index (χ4v) is 4.98. The van der Waals surface area contributed by atoms with E-state index >= 15 is 0 Å². The number of hydrogen-bond acceptors (Lipinski definition) is 5. The predicted molar refractivity (Wildman–Crippen MR) is 116 cm³/mol. The number of halogens is 1. The Hall–Kier alpha value is -2.56. The molecule has 1 aliphatic heterocycles. The summed E-state index contributed by atoms with van der Waals surface area (Å²) in [6.07, 6.45) is 5.40. The fourth-order valence-electron chi connectivity index (χ4n) is 3.35. The van der Waals surface area contributed by atoms with Crippen LogP contribution in [-0.2, 0) is 14.8 Å². The molecule has 3 heterocycles. The third-order valence-corrected chi connectivity index (χ3v) is 7.34. The summed E-state index contributed by atoms with van der Waals surface area (Å²) in [4.78, 5) is 16.8. The van der Waals surface area contributed by atoms with Crippen LogP contribution in [0.5, 0.6) is 0 Å². The summed E-state index contributed by atoms with van der Waals surface area (Å²) in [6, 6.07) is 12.8. The van der Waals surface area contributed by atoms with E-state index in [2.05, 4.69) is 31.3 Å². The Kier molecular flexibility index (Phi) is 5.98. The van der Waals surface area contributed by atoms with Gasteiger partial charge in [0.05, 0.1) is 18.1 Å². The quantitative estimate of drug-likeness (QED) is 0.593. The van der Waals surface area contributed by atoms with Crippen LogP contribution in [0.15, 0.2) is 70.4 Å². The summed E-state index contributed by atoms with van der Waals surface area (Å²) in [5, 5.41) is 6.97. The van der Waals surface area contributed by atoms with Gasteiger partial charge in [-0.25, -0.2) is 18.1 Å². The number of piperidine rings is 1. The molecule has 2 aromatic heterocycles. The second-order valence-electron chi connectivity index (χ2n) is 6.99. The monoisotopic (exact) mass is 489 g/mol. The summed E-state index contributed by atoms with van der Waals surface area (Å²) in [5.74, 6) is 0.0827. The molecule has 0 radical (unpaired) electrons. The third kappa shape index (κ3) is 4.45. The van der Waals surface area contributed by atoms with Crippen molar-refractivity contribution in [2.24, 2.45) is 5.92 Å². The lowest BCUT2D eigenvalue weighted by atomic mass is 9.97. The maximum atomic E-state index is 13.0. The van der Waals surface area contributed by atoms with Gasteiger partial charge in [-0.1, -0.05) is 18.2 Å². The highest BCUT2D eigenvalue weighted by molar-refractivity contribution is 9.10. The van der Waals surface area contributed by atoms with E-state index in [9.17, 15) is 13.2 Å². The highest BCUT2D eigenvalue weighted by atomic mass is 79.9. The van der Waals surface area contributed by atoms with Crippen molar-refractivity contribution in [1.82, 2.24) is 19.1 Å². The lowest BCUT2D eigenvalue weighted by molar-refractivity contribution is -0.120. The van der Waals surface area contributed by atoms with Gasteiger partial charge in [0.1, 0.15) is 10.7 Å². The number of carbonyl (C=O) groups is 1. The second kappa shape index (κ2) is 8.66. The maximum Gasteiger partial charge on any atom is 0.246 e. The van der Waals surface area contributed by atoms with E-state index in [0.29, 0.717) is 18.7 Å². The minimum absolute atomic E-state index is 0.140. The Labute approximate surface area is 183 Å². The molecule has 1 N–H and O–H groups in total. The van der Waals surface area contributed by atoms with E-state index in [4.69, 9.17) is 0 Å². The minimum atomic E-state index is -3.66. The first-order chi connectivity index (χ1) is 14.4. The number of nitrogens with zero attached hydrogens (tertiary/aromatic N) is 4. The summed E-state index contributed by atoms with van der Waals surface area (Å²) < 4.78 is 29.8. The Morgan fingerprint density at radius 1 is 1.07 bits per heavy atom. The van der Waals surface area contributed by atoms with E-state index in [1.807, 2.05) is 30.3 Å². The van der Waals surface area contributed by atoms with E-state index in [0.717, 1.165) is 10.2 Å². The van der Waals surface area contributed by atoms with Gasteiger partial charge < -0.3 is 5.32 Å². The first-order valence-electron chi connectivity index (χ1n) is 9.46. The molecule has 0 bridgehead atoms. The van der Waals surface area contributed by atoms with Gasteiger partial charge in [-0.2, -0.15) is 9.40 Å². The minimum Gasteiger partial charge on any atom is -0.310 e. The predicted octanol–water partition coefficient (Wildman–Crippen LogP) is 3.07. The molecule has 4 rings (SSSR count). The lowest BCUT2D eigenvalue weighted by Gasteiger charge is -2.30. The molecular weight excluding hydrogens is 470 g/mol. The Morgan fingerprint density at radius 2 is 1.80 bits per heavy atom. The van der Waals surface area contributed by atoms with Crippen molar-refractivity contribution in [3.63, 3.8) is 0 Å². The smallest absolute Gasteiger partial charge is 0.246 e. The largest absolute Gasteiger partial charge is 0.310 e. The topological polar surface area (TPSA) is 97.2 Å². The van der Waals surface area contributed by atoms with E-state index in [-0.39, 0.29) is 29.8 Å². The van der Waals surface area contributed by atoms with Gasteiger partial charge >= 0.3 is 0 Å². The van der Waals surface area contributed by atoms with Crippen molar-refractivity contribution in [3.05, 3.63) is 65.5 Å². The van der Waals surface area contributed by atoms with Gasteiger partial charge in [0, 0.05) is 29.7 Å². The second-order valence-corrected chi connectivity index (χ2v) is 9.84. The van der Waals surface area contributed by atoms with Crippen molar-refractivity contribution >= 4 is 37.7 Å². The molecule has 0 spiro atoms. The SMILES string of the molecule is O=C(Nc1ccc(Br)cn1)C1CCN(S(=O)(=O)c2cnn(-c3ccccc3)c2)CC1. The molecular formula is C20H20BrN5O3S. The molecule has 8 nitrogen and oxygen atoms in total. The van der Waals surface area contributed by atoms with Crippen molar-refractivity contribution in [2.45, 2.75) is 17.7 Å². The Bertz CT molecular complexity index is 1120. The number of pyridine rings is 1. The van der Waals surface area contributed by atoms with Crippen LogP contribution in [0.2, 0.25) is 0 Å². The molecule has 30 heavy (non-hydrogen) atoms. The number of nitrogens with one attached hydrogen (secondary N) is 1. The molecule has 10 heteroatoms. The van der Waals surface area contributed by atoms with Gasteiger partial charge in [0.15, 0.2) is 0 Å². The highest BCUT2D eigenvalue weighted by Gasteiger charge is 2.33. The average Bonchev–Trinajstić information content (AvgIpc) is 3.27. The molecule has 1 aromatic carbocycles. The highest BCUT2D eigenvalue weighted by Crippen LogP contribution is 2.25. The number of para-hydroxylation sites is 1. The van der Waals surface area contributed by atoms with Crippen LogP contribution in [0.1, 0.15) is 12.8 Å². The molecule has 1 fully saturated rings. The molecule has 0 atom stereocenters. The van der Waals surface area contributed by atoms with Crippen LogP contribution in [0.4, 0.5) is 5.82 Å². The molecule has 1 aliphatic rings. The summed E-state index contributed by atoms with van der Waals surface area (Å²) >= 11 is 3.30. The molecule has 0 saturated carbocycles. The molecule has 3 aromatic rings. The van der Waals surface area contributed by atoms with Crippen molar-refractivity contribution in [2.75, 3.05) is 18.4 Å². The molecule has 1 saturated heterocycles. The van der Waals surface area contributed by atoms with Crippen LogP contribution in [0, 0.1) is 5.92 Å². The number of aromatic nitrogens is 3. The van der Waals surface area contributed by atoms with E-state index < -0.39 is 10.0 Å². The van der Waals surface area contributed by atoms with Gasteiger partial charge in [-0.3, -0.25) is 4.79 Å². The number of sulfonamides is 1. The number of anilines is 1. The van der Waals surface area contributed by atoms with Crippen molar-refractivity contribution in [3.8, 4) is 5.69 Å². The van der Waals surface area contributed by atoms with Gasteiger partial charge in [-0.05, 0) is 53.0 Å². The standard InChI is InChI=1S/C20H20BrN5O3S/c21-16-6-7-19(22-12-16)24-20(27)15-8-10-25(11-9-15)30(28,29)18-13-23-26(14-18)17-4-2-1-3-5-17/h1-7,12-15H,8-11H2,(H,22,24,27). The Balaban J connectivity index is 1.39. The Morgan fingerprint density at radius 3 is 2.47 bits per heavy atom. The average molecular weight is 490 g/mol. The zero-order valence-corrected chi connectivity index (χ0v) is 18.4. The lowest BCUT2D eigenvalue weighted by Crippen LogP contribution is -2.41. The van der Waals surface area contributed by atoms with Crippen LogP contribution < -0.4 is 5.32 Å².